The van der Waals surface area contributed by atoms with Gasteiger partial charge in [0.05, 0.1) is 11.4 Å². The number of hydrogen-bond acceptors (Lipinski definition) is 3. The molecule has 0 fully saturated rings. The number of hydrogen-bond donors (Lipinski definition) is 0. The monoisotopic (exact) mass is 783 g/mol. The average molecular weight is 784 g/mol. The molecule has 290 valence electrons. The Balaban J connectivity index is 1.15. The van der Waals surface area contributed by atoms with E-state index in [1.807, 2.05) is 6.07 Å². The SMILES string of the molecule is CC1(C)c2ccccc2-c2ccc(-c3c(N(c4ccc5c(c4)C(C)(C)c4ccccc4-5)c4cccc5ccccc45)ccc4c3oc3ccc5oc6ccccc6c5c34)cc21. The molecule has 13 rings (SSSR count). The molecule has 11 aromatic rings. The molecule has 9 aromatic carbocycles. The molecule has 0 atom stereocenters. The predicted molar refractivity (Wildman–Crippen MR) is 254 cm³/mol. The highest BCUT2D eigenvalue weighted by molar-refractivity contribution is 6.27. The molecule has 0 radical (unpaired) electrons. The first-order chi connectivity index (χ1) is 29.8. The van der Waals surface area contributed by atoms with Crippen molar-refractivity contribution >= 4 is 71.7 Å². The molecule has 0 aliphatic heterocycles. The first kappa shape index (κ1) is 34.5. The molecule has 3 heteroatoms. The van der Waals surface area contributed by atoms with Gasteiger partial charge in [-0.2, -0.15) is 0 Å². The Morgan fingerprint density at radius 3 is 1.75 bits per heavy atom. The zero-order valence-corrected chi connectivity index (χ0v) is 34.5. The molecule has 0 spiro atoms. The number of anilines is 3. The van der Waals surface area contributed by atoms with E-state index >= 15 is 0 Å². The smallest absolute Gasteiger partial charge is 0.145 e. The van der Waals surface area contributed by atoms with Crippen LogP contribution in [0.2, 0.25) is 0 Å². The lowest BCUT2D eigenvalue weighted by molar-refractivity contribution is 0.660. The van der Waals surface area contributed by atoms with Crippen molar-refractivity contribution in [3.63, 3.8) is 0 Å². The fourth-order valence-electron chi connectivity index (χ4n) is 11.1. The number of fused-ring (bicyclic) bond motifs is 14. The first-order valence-corrected chi connectivity index (χ1v) is 21.3. The molecule has 2 heterocycles. The molecule has 2 aliphatic rings. The summed E-state index contributed by atoms with van der Waals surface area (Å²) in [6.07, 6.45) is 0. The van der Waals surface area contributed by atoms with E-state index in [1.54, 1.807) is 0 Å². The Hall–Kier alpha value is -7.36. The van der Waals surface area contributed by atoms with Crippen LogP contribution in [0.15, 0.2) is 185 Å². The maximum absolute atomic E-state index is 7.23. The van der Waals surface area contributed by atoms with E-state index in [4.69, 9.17) is 8.83 Å². The van der Waals surface area contributed by atoms with Gasteiger partial charge in [0.25, 0.3) is 0 Å². The third kappa shape index (κ3) is 4.64. The zero-order chi connectivity index (χ0) is 40.8. The quantitative estimate of drug-likeness (QED) is 0.178. The maximum atomic E-state index is 7.23. The van der Waals surface area contributed by atoms with Gasteiger partial charge in [0.1, 0.15) is 22.3 Å². The summed E-state index contributed by atoms with van der Waals surface area (Å²) in [4.78, 5) is 2.49. The minimum atomic E-state index is -0.179. The average Bonchev–Trinajstić information content (AvgIpc) is 3.99. The third-order valence-corrected chi connectivity index (χ3v) is 14.1. The third-order valence-electron chi connectivity index (χ3n) is 14.1. The van der Waals surface area contributed by atoms with Gasteiger partial charge in [-0.25, -0.2) is 0 Å². The molecule has 0 amide bonds. The Labute approximate surface area is 354 Å². The van der Waals surface area contributed by atoms with E-state index in [-0.39, 0.29) is 10.8 Å². The maximum Gasteiger partial charge on any atom is 0.145 e. The number of nitrogens with zero attached hydrogens (tertiary/aromatic N) is 1. The van der Waals surface area contributed by atoms with Crippen molar-refractivity contribution < 1.29 is 8.83 Å². The van der Waals surface area contributed by atoms with Crippen LogP contribution >= 0.6 is 0 Å². The van der Waals surface area contributed by atoms with Crippen LogP contribution in [0, 0.1) is 0 Å². The Morgan fingerprint density at radius 2 is 0.984 bits per heavy atom. The molecule has 0 saturated carbocycles. The van der Waals surface area contributed by atoms with Crippen LogP contribution in [0.5, 0.6) is 0 Å². The van der Waals surface area contributed by atoms with Crippen molar-refractivity contribution in [3.8, 4) is 33.4 Å². The predicted octanol–water partition coefficient (Wildman–Crippen LogP) is 16.4. The van der Waals surface area contributed by atoms with Crippen LogP contribution in [-0.2, 0) is 10.8 Å². The number of para-hydroxylation sites is 1. The molecule has 0 bridgehead atoms. The summed E-state index contributed by atoms with van der Waals surface area (Å²) in [5.74, 6) is 0. The normalized spacial score (nSPS) is 14.5. The molecule has 61 heavy (non-hydrogen) atoms. The number of rotatable bonds is 4. The lowest BCUT2D eigenvalue weighted by atomic mass is 9.81. The summed E-state index contributed by atoms with van der Waals surface area (Å²) in [6.45, 7) is 9.44. The standard InChI is InChI=1S/C58H41NO2/c1-57(2)44-20-10-7-17-38(44)40-26-24-35(32-46(40)57)53-49(29-28-43-55-52(61-56(43)53)31-30-51-54(55)42-19-9-12-23-50(42)60-51)59(48-22-13-15-34-14-5-6-16-37(34)48)36-25-27-41-39-18-8-11-21-45(39)58(3,4)47(41)33-36/h5-33H,1-4H3. The van der Waals surface area contributed by atoms with Gasteiger partial charge in [0.15, 0.2) is 0 Å². The van der Waals surface area contributed by atoms with Crippen LogP contribution in [-0.4, -0.2) is 0 Å². The first-order valence-electron chi connectivity index (χ1n) is 21.3. The number of furan rings is 2. The lowest BCUT2D eigenvalue weighted by Crippen LogP contribution is -2.17. The van der Waals surface area contributed by atoms with E-state index < -0.39 is 0 Å². The molecule has 2 aromatic heterocycles. The highest BCUT2D eigenvalue weighted by Gasteiger charge is 2.38. The fourth-order valence-corrected chi connectivity index (χ4v) is 11.1. The van der Waals surface area contributed by atoms with Gasteiger partial charge in [-0.1, -0.05) is 149 Å². The van der Waals surface area contributed by atoms with E-state index in [0.717, 1.165) is 72.1 Å². The highest BCUT2D eigenvalue weighted by atomic mass is 16.3. The van der Waals surface area contributed by atoms with E-state index in [0.29, 0.717) is 0 Å². The Kier molecular flexibility index (Phi) is 6.85. The van der Waals surface area contributed by atoms with Crippen molar-refractivity contribution in [1.82, 2.24) is 0 Å². The van der Waals surface area contributed by atoms with E-state index in [1.165, 1.54) is 55.3 Å². The van der Waals surface area contributed by atoms with Crippen molar-refractivity contribution in [2.75, 3.05) is 4.90 Å². The van der Waals surface area contributed by atoms with Crippen LogP contribution in [0.1, 0.15) is 49.9 Å². The van der Waals surface area contributed by atoms with Gasteiger partial charge < -0.3 is 13.7 Å². The summed E-state index contributed by atoms with van der Waals surface area (Å²) in [7, 11) is 0. The summed E-state index contributed by atoms with van der Waals surface area (Å²) in [6, 6.07) is 64.4. The summed E-state index contributed by atoms with van der Waals surface area (Å²) >= 11 is 0. The summed E-state index contributed by atoms with van der Waals surface area (Å²) in [5.41, 5.74) is 19.1. The van der Waals surface area contributed by atoms with Crippen molar-refractivity contribution in [2.45, 2.75) is 38.5 Å². The van der Waals surface area contributed by atoms with Crippen LogP contribution in [0.25, 0.3) is 88.0 Å². The molecular formula is C58H41NO2. The van der Waals surface area contributed by atoms with Crippen LogP contribution in [0.3, 0.4) is 0 Å². The summed E-state index contributed by atoms with van der Waals surface area (Å²) < 4.78 is 13.7. The number of benzene rings is 9. The van der Waals surface area contributed by atoms with E-state index in [9.17, 15) is 0 Å². The fraction of sp³-hybridized carbons (Fsp3) is 0.103. The zero-order valence-electron chi connectivity index (χ0n) is 34.5. The highest BCUT2D eigenvalue weighted by Crippen LogP contribution is 2.55. The van der Waals surface area contributed by atoms with Gasteiger partial charge in [0, 0.05) is 49.0 Å². The van der Waals surface area contributed by atoms with Crippen molar-refractivity contribution in [3.05, 3.63) is 198 Å². The second kappa shape index (κ2) is 12.1. The topological polar surface area (TPSA) is 29.5 Å². The molecule has 0 N–H and O–H groups in total. The molecule has 2 aliphatic carbocycles. The van der Waals surface area contributed by atoms with Crippen LogP contribution in [0.4, 0.5) is 17.1 Å². The van der Waals surface area contributed by atoms with Gasteiger partial charge >= 0.3 is 0 Å². The molecule has 3 nitrogen and oxygen atoms in total. The second-order valence-electron chi connectivity index (χ2n) is 18.0. The van der Waals surface area contributed by atoms with E-state index in [2.05, 4.69) is 202 Å². The second-order valence-corrected chi connectivity index (χ2v) is 18.0. The lowest BCUT2D eigenvalue weighted by Gasteiger charge is -2.31. The van der Waals surface area contributed by atoms with Crippen LogP contribution < -0.4 is 4.90 Å². The molecular weight excluding hydrogens is 743 g/mol. The van der Waals surface area contributed by atoms with Gasteiger partial charge in [0.2, 0.25) is 0 Å². The molecule has 0 saturated heterocycles. The van der Waals surface area contributed by atoms with Gasteiger partial charge in [-0.15, -0.1) is 0 Å². The summed E-state index contributed by atoms with van der Waals surface area (Å²) in [5, 5.41) is 6.69. The largest absolute Gasteiger partial charge is 0.456 e. The van der Waals surface area contributed by atoms with Gasteiger partial charge in [-0.3, -0.25) is 0 Å². The molecule has 0 unspecified atom stereocenters. The minimum absolute atomic E-state index is 0.169. The van der Waals surface area contributed by atoms with Crippen molar-refractivity contribution in [2.24, 2.45) is 0 Å². The Bertz CT molecular complexity index is 3660. The van der Waals surface area contributed by atoms with Gasteiger partial charge in [-0.05, 0) is 110 Å². The Morgan fingerprint density at radius 1 is 0.393 bits per heavy atom. The van der Waals surface area contributed by atoms with Crippen molar-refractivity contribution in [1.29, 1.82) is 0 Å². The minimum Gasteiger partial charge on any atom is -0.456 e.